The topological polar surface area (TPSA) is 49.4 Å². The fourth-order valence-corrected chi connectivity index (χ4v) is 3.44. The van der Waals surface area contributed by atoms with E-state index in [9.17, 15) is 9.59 Å². The van der Waals surface area contributed by atoms with Gasteiger partial charge in [0, 0.05) is 22.2 Å². The van der Waals surface area contributed by atoms with Crippen molar-refractivity contribution in [2.45, 2.75) is 19.8 Å². The Labute approximate surface area is 159 Å². The van der Waals surface area contributed by atoms with Crippen LogP contribution >= 0.6 is 11.6 Å². The standard InChI is InChI=1S/C21H23ClN2O2/c1-15-4-2-3-5-19(15)23-20(25)14-24-12-10-17(11-13-24)21(26)16-6-8-18(22)9-7-16/h2-9,17H,10-14H2,1H3,(H,23,25). The maximum atomic E-state index is 12.6. The van der Waals surface area contributed by atoms with E-state index >= 15 is 0 Å². The normalized spacial score (nSPS) is 15.6. The van der Waals surface area contributed by atoms with E-state index in [1.807, 2.05) is 31.2 Å². The lowest BCUT2D eigenvalue weighted by Crippen LogP contribution is -2.40. The van der Waals surface area contributed by atoms with Gasteiger partial charge >= 0.3 is 0 Å². The predicted octanol–water partition coefficient (Wildman–Crippen LogP) is 4.18. The fraction of sp³-hybridized carbons (Fsp3) is 0.333. The molecule has 0 spiro atoms. The SMILES string of the molecule is Cc1ccccc1NC(=O)CN1CCC(C(=O)c2ccc(Cl)cc2)CC1. The van der Waals surface area contributed by atoms with Gasteiger partial charge in [-0.2, -0.15) is 0 Å². The molecule has 1 fully saturated rings. The van der Waals surface area contributed by atoms with Gasteiger partial charge in [-0.15, -0.1) is 0 Å². The van der Waals surface area contributed by atoms with Crippen molar-refractivity contribution in [3.05, 3.63) is 64.7 Å². The summed E-state index contributed by atoms with van der Waals surface area (Å²) >= 11 is 5.88. The van der Waals surface area contributed by atoms with Gasteiger partial charge < -0.3 is 5.32 Å². The Hall–Kier alpha value is -2.17. The number of halogens is 1. The zero-order chi connectivity index (χ0) is 18.5. The van der Waals surface area contributed by atoms with Crippen LogP contribution in [0.1, 0.15) is 28.8 Å². The maximum absolute atomic E-state index is 12.6. The molecule has 136 valence electrons. The molecule has 1 aliphatic heterocycles. The number of hydrogen-bond acceptors (Lipinski definition) is 3. The van der Waals surface area contributed by atoms with E-state index in [2.05, 4.69) is 10.2 Å². The van der Waals surface area contributed by atoms with E-state index in [1.54, 1.807) is 24.3 Å². The van der Waals surface area contributed by atoms with Crippen LogP contribution in [0.3, 0.4) is 0 Å². The zero-order valence-corrected chi connectivity index (χ0v) is 15.6. The summed E-state index contributed by atoms with van der Waals surface area (Å²) in [4.78, 5) is 27.0. The Morgan fingerprint density at radius 2 is 1.73 bits per heavy atom. The Morgan fingerprint density at radius 1 is 1.08 bits per heavy atom. The number of amides is 1. The Kier molecular flexibility index (Phi) is 6.07. The summed E-state index contributed by atoms with van der Waals surface area (Å²) in [7, 11) is 0. The van der Waals surface area contributed by atoms with Crippen molar-refractivity contribution in [3.8, 4) is 0 Å². The highest BCUT2D eigenvalue weighted by molar-refractivity contribution is 6.30. The number of nitrogens with zero attached hydrogens (tertiary/aromatic N) is 1. The number of para-hydroxylation sites is 1. The molecule has 1 aliphatic rings. The number of nitrogens with one attached hydrogen (secondary N) is 1. The molecule has 1 amide bonds. The first kappa shape index (κ1) is 18.6. The van der Waals surface area contributed by atoms with Crippen LogP contribution in [0.25, 0.3) is 0 Å². The minimum atomic E-state index is -0.0122. The highest BCUT2D eigenvalue weighted by Gasteiger charge is 2.26. The minimum absolute atomic E-state index is 0.0122. The molecule has 0 aliphatic carbocycles. The third-order valence-electron chi connectivity index (χ3n) is 4.87. The van der Waals surface area contributed by atoms with Crippen molar-refractivity contribution >= 4 is 29.0 Å². The van der Waals surface area contributed by atoms with Crippen molar-refractivity contribution in [2.75, 3.05) is 25.0 Å². The molecule has 0 aromatic heterocycles. The van der Waals surface area contributed by atoms with Gasteiger partial charge in [-0.3, -0.25) is 14.5 Å². The van der Waals surface area contributed by atoms with Crippen molar-refractivity contribution in [3.63, 3.8) is 0 Å². The molecule has 0 radical (unpaired) electrons. The van der Waals surface area contributed by atoms with E-state index in [1.165, 1.54) is 0 Å². The lowest BCUT2D eigenvalue weighted by molar-refractivity contribution is -0.117. The molecule has 0 unspecified atom stereocenters. The van der Waals surface area contributed by atoms with Gasteiger partial charge in [-0.05, 0) is 68.8 Å². The largest absolute Gasteiger partial charge is 0.325 e. The smallest absolute Gasteiger partial charge is 0.238 e. The van der Waals surface area contributed by atoms with Crippen LogP contribution in [0.4, 0.5) is 5.69 Å². The molecule has 0 atom stereocenters. The summed E-state index contributed by atoms with van der Waals surface area (Å²) in [6.45, 7) is 3.84. The maximum Gasteiger partial charge on any atom is 0.238 e. The van der Waals surface area contributed by atoms with Crippen molar-refractivity contribution in [1.82, 2.24) is 4.90 Å². The van der Waals surface area contributed by atoms with Gasteiger partial charge in [0.1, 0.15) is 0 Å². The first-order valence-electron chi connectivity index (χ1n) is 8.90. The second-order valence-electron chi connectivity index (χ2n) is 6.78. The quantitative estimate of drug-likeness (QED) is 0.803. The number of anilines is 1. The molecule has 0 saturated carbocycles. The summed E-state index contributed by atoms with van der Waals surface area (Å²) < 4.78 is 0. The summed E-state index contributed by atoms with van der Waals surface area (Å²) in [5.74, 6) is 0.180. The molecule has 26 heavy (non-hydrogen) atoms. The summed E-state index contributed by atoms with van der Waals surface area (Å²) in [5.41, 5.74) is 2.61. The van der Waals surface area contributed by atoms with Gasteiger partial charge in [-0.1, -0.05) is 29.8 Å². The number of Topliss-reactive ketones (excluding diaryl/α,β-unsaturated/α-hetero) is 1. The van der Waals surface area contributed by atoms with Gasteiger partial charge in [0.05, 0.1) is 6.54 Å². The van der Waals surface area contributed by atoms with Gasteiger partial charge in [0.25, 0.3) is 0 Å². The van der Waals surface area contributed by atoms with E-state index in [0.717, 1.165) is 37.2 Å². The molecule has 5 heteroatoms. The summed E-state index contributed by atoms with van der Waals surface area (Å²) in [5, 5.41) is 3.60. The van der Waals surface area contributed by atoms with Crippen LogP contribution < -0.4 is 5.32 Å². The highest BCUT2D eigenvalue weighted by atomic mass is 35.5. The average molecular weight is 371 g/mol. The number of likely N-dealkylation sites (tertiary alicyclic amines) is 1. The Balaban J connectivity index is 1.49. The first-order valence-corrected chi connectivity index (χ1v) is 9.28. The third kappa shape index (κ3) is 4.71. The van der Waals surface area contributed by atoms with Crippen LogP contribution in [0.5, 0.6) is 0 Å². The molecule has 1 saturated heterocycles. The number of rotatable bonds is 5. The lowest BCUT2D eigenvalue weighted by atomic mass is 9.89. The first-order chi connectivity index (χ1) is 12.5. The number of benzene rings is 2. The highest BCUT2D eigenvalue weighted by Crippen LogP contribution is 2.23. The molecule has 1 heterocycles. The fourth-order valence-electron chi connectivity index (χ4n) is 3.31. The summed E-state index contributed by atoms with van der Waals surface area (Å²) in [6, 6.07) is 14.8. The molecule has 4 nitrogen and oxygen atoms in total. The van der Waals surface area contributed by atoms with Gasteiger partial charge in [0.15, 0.2) is 5.78 Å². The van der Waals surface area contributed by atoms with E-state index in [0.29, 0.717) is 17.1 Å². The number of piperidine rings is 1. The van der Waals surface area contributed by atoms with Gasteiger partial charge in [-0.25, -0.2) is 0 Å². The van der Waals surface area contributed by atoms with Gasteiger partial charge in [0.2, 0.25) is 5.91 Å². The third-order valence-corrected chi connectivity index (χ3v) is 5.13. The molecule has 2 aromatic rings. The van der Waals surface area contributed by atoms with E-state index in [4.69, 9.17) is 11.6 Å². The minimum Gasteiger partial charge on any atom is -0.325 e. The van der Waals surface area contributed by atoms with Crippen molar-refractivity contribution in [2.24, 2.45) is 5.92 Å². The van der Waals surface area contributed by atoms with Crippen molar-refractivity contribution in [1.29, 1.82) is 0 Å². The molecular formula is C21H23ClN2O2. The molecule has 0 bridgehead atoms. The predicted molar refractivity (Wildman–Crippen MR) is 105 cm³/mol. The van der Waals surface area contributed by atoms with Crippen molar-refractivity contribution < 1.29 is 9.59 Å². The monoisotopic (exact) mass is 370 g/mol. The van der Waals surface area contributed by atoms with E-state index in [-0.39, 0.29) is 17.6 Å². The average Bonchev–Trinajstić information content (AvgIpc) is 2.64. The number of ketones is 1. The number of carbonyl (C=O) groups is 2. The van der Waals surface area contributed by atoms with Crippen LogP contribution in [0.15, 0.2) is 48.5 Å². The molecule has 3 rings (SSSR count). The lowest BCUT2D eigenvalue weighted by Gasteiger charge is -2.30. The second kappa shape index (κ2) is 8.47. The molecule has 1 N–H and O–H groups in total. The number of carbonyl (C=O) groups excluding carboxylic acids is 2. The second-order valence-corrected chi connectivity index (χ2v) is 7.22. The zero-order valence-electron chi connectivity index (χ0n) is 14.9. The Bertz CT molecular complexity index is 781. The van der Waals surface area contributed by atoms with Crippen LogP contribution in [0.2, 0.25) is 5.02 Å². The van der Waals surface area contributed by atoms with E-state index < -0.39 is 0 Å². The van der Waals surface area contributed by atoms with Crippen LogP contribution in [-0.2, 0) is 4.79 Å². The molecular weight excluding hydrogens is 348 g/mol. The van der Waals surface area contributed by atoms with Crippen LogP contribution in [-0.4, -0.2) is 36.2 Å². The molecule has 2 aromatic carbocycles. The number of aryl methyl sites for hydroxylation is 1. The van der Waals surface area contributed by atoms with Crippen LogP contribution in [0, 0.1) is 12.8 Å². The Morgan fingerprint density at radius 3 is 2.38 bits per heavy atom. The number of hydrogen-bond donors (Lipinski definition) is 1. The summed E-state index contributed by atoms with van der Waals surface area (Å²) in [6.07, 6.45) is 1.55.